The van der Waals surface area contributed by atoms with Crippen molar-refractivity contribution in [2.45, 2.75) is 148 Å². The fraction of sp³-hybridized carbons (Fsp3) is 0.793. The van der Waals surface area contributed by atoms with Crippen LogP contribution in [0.25, 0.3) is 0 Å². The third-order valence-electron chi connectivity index (χ3n) is 7.76. The van der Waals surface area contributed by atoms with Crippen molar-refractivity contribution in [1.29, 1.82) is 0 Å². The quantitative estimate of drug-likeness (QED) is 0.181. The molecule has 0 saturated heterocycles. The van der Waals surface area contributed by atoms with Crippen molar-refractivity contribution in [2.75, 3.05) is 0 Å². The summed E-state index contributed by atoms with van der Waals surface area (Å²) in [4.78, 5) is 25.0. The summed E-state index contributed by atoms with van der Waals surface area (Å²) in [6.07, 6.45) is 10.0. The van der Waals surface area contributed by atoms with Gasteiger partial charge in [0.2, 0.25) is 0 Å². The van der Waals surface area contributed by atoms with E-state index in [0.29, 0.717) is 49.1 Å². The second-order valence-electron chi connectivity index (χ2n) is 12.6. The third-order valence-corrected chi connectivity index (χ3v) is 8.47. The predicted octanol–water partition coefficient (Wildman–Crippen LogP) is 5.22. The van der Waals surface area contributed by atoms with Crippen molar-refractivity contribution in [3.8, 4) is 0 Å². The number of aliphatic hydroxyl groups is 2. The molecule has 0 aliphatic rings. The Kier molecular flexibility index (Phi) is 13.0. The second-order valence-corrected chi connectivity index (χ2v) is 13.6. The Morgan fingerprint density at radius 3 is 1.33 bits per heavy atom. The minimum Gasteiger partial charge on any atom is -0.393 e. The molecule has 0 aliphatic heterocycles. The van der Waals surface area contributed by atoms with Gasteiger partial charge in [-0.05, 0) is 69.6 Å². The van der Waals surface area contributed by atoms with Gasteiger partial charge in [-0.15, -0.1) is 25.3 Å². The van der Waals surface area contributed by atoms with Gasteiger partial charge in [0.15, 0.2) is 0 Å². The van der Waals surface area contributed by atoms with Crippen LogP contribution in [0.4, 0.5) is 0 Å². The van der Waals surface area contributed by atoms with E-state index in [1.807, 2.05) is 13.8 Å². The monoisotopic (exact) mass is 584 g/mol. The highest BCUT2D eigenvalue weighted by atomic mass is 32.1. The Hall–Kier alpha value is -1.36. The van der Waals surface area contributed by atoms with Crippen molar-refractivity contribution < 1.29 is 10.2 Å². The molecule has 2 rings (SSSR count). The molecule has 224 valence electrons. The molecule has 2 unspecified atom stereocenters. The molecule has 10 heteroatoms. The summed E-state index contributed by atoms with van der Waals surface area (Å²) in [7, 11) is 0. The third kappa shape index (κ3) is 10.5. The lowest BCUT2D eigenvalue weighted by Crippen LogP contribution is -2.30. The molecule has 2 N–H and O–H groups in total. The highest BCUT2D eigenvalue weighted by Gasteiger charge is 2.23. The van der Waals surface area contributed by atoms with Crippen LogP contribution in [0.15, 0.2) is 32.0 Å². The zero-order valence-corrected chi connectivity index (χ0v) is 26.7. The first-order valence-electron chi connectivity index (χ1n) is 14.5. The van der Waals surface area contributed by atoms with E-state index in [9.17, 15) is 19.8 Å². The SMILES string of the molecule is CCn1cc(S)n(CC(C)(C)CCCC(O)CCCC(O)CCCC(C)(C)Cn2c(S)cn(CC)c2=O)c1=O. The molecule has 2 aromatic rings. The van der Waals surface area contributed by atoms with Crippen molar-refractivity contribution in [3.05, 3.63) is 33.4 Å². The van der Waals surface area contributed by atoms with Gasteiger partial charge in [-0.1, -0.05) is 40.5 Å². The minimum absolute atomic E-state index is 0.0216. The largest absolute Gasteiger partial charge is 0.393 e. The van der Waals surface area contributed by atoms with Crippen LogP contribution in [0.1, 0.15) is 99.3 Å². The molecule has 0 radical (unpaired) electrons. The van der Waals surface area contributed by atoms with E-state index in [4.69, 9.17) is 0 Å². The number of nitrogens with zero attached hydrogens (tertiary/aromatic N) is 4. The fourth-order valence-corrected chi connectivity index (χ4v) is 5.90. The smallest absolute Gasteiger partial charge is 0.329 e. The Morgan fingerprint density at radius 1 is 0.692 bits per heavy atom. The van der Waals surface area contributed by atoms with Crippen molar-refractivity contribution in [1.82, 2.24) is 18.3 Å². The van der Waals surface area contributed by atoms with Crippen LogP contribution >= 0.6 is 25.3 Å². The van der Waals surface area contributed by atoms with Crippen LogP contribution in [0, 0.1) is 10.8 Å². The average Bonchev–Trinajstić information content (AvgIpc) is 3.27. The number of hydrogen-bond donors (Lipinski definition) is 4. The molecule has 39 heavy (non-hydrogen) atoms. The molecule has 0 bridgehead atoms. The molecule has 2 atom stereocenters. The van der Waals surface area contributed by atoms with Gasteiger partial charge >= 0.3 is 11.4 Å². The summed E-state index contributed by atoms with van der Waals surface area (Å²) >= 11 is 8.93. The van der Waals surface area contributed by atoms with E-state index in [-0.39, 0.29) is 34.4 Å². The van der Waals surface area contributed by atoms with Gasteiger partial charge in [-0.2, -0.15) is 0 Å². The normalized spacial score (nSPS) is 14.2. The zero-order chi connectivity index (χ0) is 29.4. The number of hydrogen-bond acceptors (Lipinski definition) is 6. The van der Waals surface area contributed by atoms with Crippen LogP contribution in [0.3, 0.4) is 0 Å². The Morgan fingerprint density at radius 2 is 1.03 bits per heavy atom. The van der Waals surface area contributed by atoms with Crippen LogP contribution in [-0.4, -0.2) is 40.7 Å². The molecule has 0 aliphatic carbocycles. The van der Waals surface area contributed by atoms with Crippen LogP contribution in [0.5, 0.6) is 0 Å². The highest BCUT2D eigenvalue weighted by Crippen LogP contribution is 2.28. The molecule has 0 saturated carbocycles. The van der Waals surface area contributed by atoms with Crippen molar-refractivity contribution in [2.24, 2.45) is 10.8 Å². The maximum atomic E-state index is 12.5. The van der Waals surface area contributed by atoms with E-state index in [1.165, 1.54) is 0 Å². The van der Waals surface area contributed by atoms with Crippen LogP contribution < -0.4 is 11.4 Å². The number of imidazole rings is 2. The maximum Gasteiger partial charge on any atom is 0.329 e. The Bertz CT molecular complexity index is 1060. The van der Waals surface area contributed by atoms with Gasteiger partial charge in [-0.3, -0.25) is 18.3 Å². The number of aromatic nitrogens is 4. The van der Waals surface area contributed by atoms with Gasteiger partial charge < -0.3 is 10.2 Å². The lowest BCUT2D eigenvalue weighted by molar-refractivity contribution is 0.115. The van der Waals surface area contributed by atoms with E-state index < -0.39 is 0 Å². The molecule has 2 heterocycles. The highest BCUT2D eigenvalue weighted by molar-refractivity contribution is 7.80. The fourth-order valence-electron chi connectivity index (χ4n) is 5.31. The Labute approximate surface area is 245 Å². The topological polar surface area (TPSA) is 94.3 Å². The summed E-state index contributed by atoms with van der Waals surface area (Å²) in [5.74, 6) is 0. The zero-order valence-electron chi connectivity index (χ0n) is 24.9. The van der Waals surface area contributed by atoms with E-state index in [0.717, 1.165) is 44.9 Å². The number of thiol groups is 2. The summed E-state index contributed by atoms with van der Waals surface area (Å²) in [6, 6.07) is 0. The molecule has 0 fully saturated rings. The molecular weight excluding hydrogens is 532 g/mol. The Balaban J connectivity index is 1.65. The van der Waals surface area contributed by atoms with Crippen LogP contribution in [0.2, 0.25) is 0 Å². The summed E-state index contributed by atoms with van der Waals surface area (Å²) < 4.78 is 6.80. The van der Waals surface area contributed by atoms with E-state index >= 15 is 0 Å². The first-order valence-corrected chi connectivity index (χ1v) is 15.4. The average molecular weight is 585 g/mol. The molecular formula is C29H52N4O4S2. The first kappa shape index (κ1) is 33.8. The number of aliphatic hydroxyl groups excluding tert-OH is 2. The van der Waals surface area contributed by atoms with E-state index in [1.54, 1.807) is 30.7 Å². The molecule has 0 aromatic carbocycles. The lowest BCUT2D eigenvalue weighted by Gasteiger charge is -2.26. The van der Waals surface area contributed by atoms with E-state index in [2.05, 4.69) is 53.0 Å². The minimum atomic E-state index is -0.375. The molecule has 0 spiro atoms. The first-order chi connectivity index (χ1) is 18.2. The van der Waals surface area contributed by atoms with Gasteiger partial charge in [-0.25, -0.2) is 9.59 Å². The van der Waals surface area contributed by atoms with Gasteiger partial charge in [0.1, 0.15) is 0 Å². The lowest BCUT2D eigenvalue weighted by atomic mass is 9.86. The summed E-state index contributed by atoms with van der Waals surface area (Å²) in [6.45, 7) is 15.0. The molecule has 0 amide bonds. The van der Waals surface area contributed by atoms with Gasteiger partial charge in [0.25, 0.3) is 0 Å². The number of aryl methyl sites for hydroxylation is 2. The summed E-state index contributed by atoms with van der Waals surface area (Å²) in [5, 5.41) is 22.3. The summed E-state index contributed by atoms with van der Waals surface area (Å²) in [5.41, 5.74) is -0.196. The second kappa shape index (κ2) is 15.0. The number of rotatable bonds is 18. The van der Waals surface area contributed by atoms with Crippen LogP contribution in [-0.2, 0) is 26.2 Å². The molecule has 8 nitrogen and oxygen atoms in total. The van der Waals surface area contributed by atoms with Crippen molar-refractivity contribution >= 4 is 25.3 Å². The standard InChI is InChI=1S/C29H52N4O4S2/c1-7-30-18-24(38)32(26(30)36)20-28(3,4)16-10-14-22(34)12-9-13-23(35)15-11-17-29(5,6)21-33-25(39)19-31(8-2)27(33)37/h18-19,22-23,34-35,38-39H,7-17,20-21H2,1-6H3. The van der Waals surface area contributed by atoms with Gasteiger partial charge in [0.05, 0.1) is 22.3 Å². The van der Waals surface area contributed by atoms with Gasteiger partial charge in [0, 0.05) is 38.6 Å². The maximum absolute atomic E-state index is 12.5. The predicted molar refractivity (Wildman–Crippen MR) is 164 cm³/mol. The van der Waals surface area contributed by atoms with Crippen molar-refractivity contribution in [3.63, 3.8) is 0 Å². The molecule has 2 aromatic heterocycles.